The SMILES string of the molecule is Cc1noc(C)c1-c1ccc2c(c1)nc([C@@H]1CCC(=O)N1c1ccc(F)c(F)c1)n2C1CC(O)C1. The Labute approximate surface area is 200 Å². The molecule has 0 radical (unpaired) electrons. The molecular weight excluding hydrogens is 454 g/mol. The Balaban J connectivity index is 1.50. The van der Waals surface area contributed by atoms with Crippen molar-refractivity contribution in [1.82, 2.24) is 14.7 Å². The van der Waals surface area contributed by atoms with Crippen LogP contribution < -0.4 is 4.90 Å². The van der Waals surface area contributed by atoms with Crippen LogP contribution in [-0.4, -0.2) is 31.8 Å². The highest BCUT2D eigenvalue weighted by Gasteiger charge is 2.40. The van der Waals surface area contributed by atoms with Gasteiger partial charge in [-0.25, -0.2) is 13.8 Å². The number of nitrogens with zero attached hydrogens (tertiary/aromatic N) is 4. The maximum absolute atomic E-state index is 14.0. The summed E-state index contributed by atoms with van der Waals surface area (Å²) >= 11 is 0. The number of hydrogen-bond acceptors (Lipinski definition) is 5. The lowest BCUT2D eigenvalue weighted by molar-refractivity contribution is -0.117. The molecule has 2 aromatic heterocycles. The molecule has 9 heteroatoms. The fourth-order valence-corrected chi connectivity index (χ4v) is 5.44. The van der Waals surface area contributed by atoms with E-state index in [4.69, 9.17) is 9.51 Å². The first-order valence-electron chi connectivity index (χ1n) is 11.7. The van der Waals surface area contributed by atoms with Crippen LogP contribution in [0.15, 0.2) is 40.9 Å². The minimum absolute atomic E-state index is 0.0393. The molecule has 0 bridgehead atoms. The van der Waals surface area contributed by atoms with E-state index >= 15 is 0 Å². The second-order valence-electron chi connectivity index (χ2n) is 9.44. The summed E-state index contributed by atoms with van der Waals surface area (Å²) in [5.74, 6) is -0.720. The van der Waals surface area contributed by atoms with E-state index in [1.54, 1.807) is 0 Å². The third-order valence-electron chi connectivity index (χ3n) is 7.18. The van der Waals surface area contributed by atoms with Crippen molar-refractivity contribution in [3.63, 3.8) is 0 Å². The number of aliphatic hydroxyl groups is 1. The topological polar surface area (TPSA) is 84.4 Å². The van der Waals surface area contributed by atoms with E-state index in [0.29, 0.717) is 30.8 Å². The number of aromatic nitrogens is 3. The molecule has 2 aromatic carbocycles. The van der Waals surface area contributed by atoms with Crippen molar-refractivity contribution in [2.75, 3.05) is 4.90 Å². The molecular formula is C26H24F2N4O3. The summed E-state index contributed by atoms with van der Waals surface area (Å²) in [6.45, 7) is 3.75. The Morgan fingerprint density at radius 3 is 2.57 bits per heavy atom. The zero-order chi connectivity index (χ0) is 24.4. The second-order valence-corrected chi connectivity index (χ2v) is 9.44. The Bertz CT molecular complexity index is 1450. The number of carbonyl (C=O) groups is 1. The fourth-order valence-electron chi connectivity index (χ4n) is 5.44. The van der Waals surface area contributed by atoms with Gasteiger partial charge in [0.05, 0.1) is 28.9 Å². The molecule has 1 N–H and O–H groups in total. The molecule has 0 unspecified atom stereocenters. The van der Waals surface area contributed by atoms with Gasteiger partial charge < -0.3 is 19.1 Å². The van der Waals surface area contributed by atoms with Gasteiger partial charge >= 0.3 is 0 Å². The van der Waals surface area contributed by atoms with Crippen LogP contribution in [0.1, 0.15) is 55.0 Å². The van der Waals surface area contributed by atoms with Crippen molar-refractivity contribution in [2.45, 2.75) is 57.7 Å². The van der Waals surface area contributed by atoms with Crippen molar-refractivity contribution in [2.24, 2.45) is 0 Å². The van der Waals surface area contributed by atoms with Crippen LogP contribution in [0, 0.1) is 25.5 Å². The first-order valence-corrected chi connectivity index (χ1v) is 11.7. The number of amides is 1. The van der Waals surface area contributed by atoms with Crippen LogP contribution in [0.4, 0.5) is 14.5 Å². The molecule has 6 rings (SSSR count). The number of halogens is 2. The summed E-state index contributed by atoms with van der Waals surface area (Å²) in [5, 5.41) is 14.1. The van der Waals surface area contributed by atoms with Gasteiger partial charge in [-0.15, -0.1) is 0 Å². The molecule has 1 aliphatic carbocycles. The molecule has 1 aliphatic heterocycles. The molecule has 4 aromatic rings. The number of rotatable bonds is 4. The molecule has 1 atom stereocenters. The van der Waals surface area contributed by atoms with Crippen molar-refractivity contribution >= 4 is 22.6 Å². The Morgan fingerprint density at radius 1 is 1.09 bits per heavy atom. The lowest BCUT2D eigenvalue weighted by Crippen LogP contribution is -2.34. The van der Waals surface area contributed by atoms with E-state index in [-0.39, 0.29) is 24.5 Å². The average Bonchev–Trinajstić information content (AvgIpc) is 3.47. The minimum atomic E-state index is -0.999. The predicted octanol–water partition coefficient (Wildman–Crippen LogP) is 5.15. The van der Waals surface area contributed by atoms with E-state index in [1.165, 1.54) is 11.0 Å². The molecule has 1 saturated carbocycles. The number of benzene rings is 2. The van der Waals surface area contributed by atoms with Gasteiger partial charge in [0.2, 0.25) is 5.91 Å². The van der Waals surface area contributed by atoms with Crippen molar-refractivity contribution in [3.8, 4) is 11.1 Å². The summed E-state index contributed by atoms with van der Waals surface area (Å²) in [7, 11) is 0. The monoisotopic (exact) mass is 478 g/mol. The first-order chi connectivity index (χ1) is 16.8. The number of imidazole rings is 1. The smallest absolute Gasteiger partial charge is 0.227 e. The first kappa shape index (κ1) is 21.9. The fraction of sp³-hybridized carbons (Fsp3) is 0.346. The van der Waals surface area contributed by atoms with E-state index in [2.05, 4.69) is 9.72 Å². The maximum Gasteiger partial charge on any atom is 0.227 e. The van der Waals surface area contributed by atoms with Gasteiger partial charge in [-0.1, -0.05) is 11.2 Å². The summed E-state index contributed by atoms with van der Waals surface area (Å²) < 4.78 is 35.1. The van der Waals surface area contributed by atoms with Crippen LogP contribution in [-0.2, 0) is 4.79 Å². The maximum atomic E-state index is 14.0. The van der Waals surface area contributed by atoms with Crippen LogP contribution >= 0.6 is 0 Å². The van der Waals surface area contributed by atoms with Crippen LogP contribution in [0.2, 0.25) is 0 Å². The lowest BCUT2D eigenvalue weighted by atomic mass is 9.88. The summed E-state index contributed by atoms with van der Waals surface area (Å²) in [6.07, 6.45) is 1.60. The van der Waals surface area contributed by atoms with Gasteiger partial charge in [0.25, 0.3) is 0 Å². The van der Waals surface area contributed by atoms with Crippen molar-refractivity contribution in [3.05, 3.63) is 65.3 Å². The van der Waals surface area contributed by atoms with E-state index in [0.717, 1.165) is 45.7 Å². The van der Waals surface area contributed by atoms with Gasteiger partial charge in [0, 0.05) is 29.8 Å². The zero-order valence-corrected chi connectivity index (χ0v) is 19.3. The normalized spacial score (nSPS) is 22.3. The van der Waals surface area contributed by atoms with Crippen LogP contribution in [0.5, 0.6) is 0 Å². The molecule has 180 valence electrons. The van der Waals surface area contributed by atoms with Gasteiger partial charge in [0.15, 0.2) is 11.6 Å². The summed E-state index contributed by atoms with van der Waals surface area (Å²) in [6, 6.07) is 9.10. The van der Waals surface area contributed by atoms with E-state index in [9.17, 15) is 18.7 Å². The van der Waals surface area contributed by atoms with Gasteiger partial charge in [-0.2, -0.15) is 0 Å². The molecule has 0 spiro atoms. The zero-order valence-electron chi connectivity index (χ0n) is 19.3. The molecule has 2 aliphatic rings. The molecule has 7 nitrogen and oxygen atoms in total. The second kappa shape index (κ2) is 7.98. The summed E-state index contributed by atoms with van der Waals surface area (Å²) in [4.78, 5) is 19.4. The lowest BCUT2D eigenvalue weighted by Gasteiger charge is -2.36. The highest BCUT2D eigenvalue weighted by atomic mass is 19.2. The number of fused-ring (bicyclic) bond motifs is 1. The number of aryl methyl sites for hydroxylation is 2. The van der Waals surface area contributed by atoms with Crippen molar-refractivity contribution in [1.29, 1.82) is 0 Å². The predicted molar refractivity (Wildman–Crippen MR) is 125 cm³/mol. The van der Waals surface area contributed by atoms with Crippen LogP contribution in [0.3, 0.4) is 0 Å². The standard InChI is InChI=1S/C26H24F2N4O3/c1-13-25(14(2)35-30-13)15-3-6-22-21(9-15)29-26(32(22)17-10-18(33)11-17)23-7-8-24(34)31(23)16-4-5-19(27)20(28)12-16/h3-6,9,12,17-18,23,33H,7-8,10-11H2,1-2H3/t17?,18?,23-/m0/s1. The minimum Gasteiger partial charge on any atom is -0.393 e. The molecule has 1 saturated heterocycles. The highest BCUT2D eigenvalue weighted by molar-refractivity contribution is 5.96. The van der Waals surface area contributed by atoms with Crippen molar-refractivity contribution < 1.29 is 23.2 Å². The van der Waals surface area contributed by atoms with E-state index < -0.39 is 17.7 Å². The molecule has 3 heterocycles. The van der Waals surface area contributed by atoms with Gasteiger partial charge in [0.1, 0.15) is 11.6 Å². The quantitative estimate of drug-likeness (QED) is 0.439. The highest BCUT2D eigenvalue weighted by Crippen LogP contribution is 2.43. The summed E-state index contributed by atoms with van der Waals surface area (Å²) in [5.41, 5.74) is 4.59. The van der Waals surface area contributed by atoms with Crippen LogP contribution in [0.25, 0.3) is 22.2 Å². The average molecular weight is 478 g/mol. The Kier molecular flexibility index (Phi) is 5.00. The Hall–Kier alpha value is -3.59. The Morgan fingerprint density at radius 2 is 1.89 bits per heavy atom. The van der Waals surface area contributed by atoms with E-state index in [1.807, 2.05) is 32.0 Å². The third kappa shape index (κ3) is 3.44. The largest absolute Gasteiger partial charge is 0.393 e. The number of carbonyl (C=O) groups excluding carboxylic acids is 1. The molecule has 1 amide bonds. The van der Waals surface area contributed by atoms with Gasteiger partial charge in [-0.05, 0) is 62.9 Å². The number of anilines is 1. The number of hydrogen-bond donors (Lipinski definition) is 1. The van der Waals surface area contributed by atoms with Gasteiger partial charge in [-0.3, -0.25) is 4.79 Å². The third-order valence-corrected chi connectivity index (χ3v) is 7.18. The molecule has 2 fully saturated rings. The molecule has 35 heavy (non-hydrogen) atoms. The number of aliphatic hydroxyl groups excluding tert-OH is 1.